The maximum atomic E-state index is 13.8. The van der Waals surface area contributed by atoms with Crippen LogP contribution in [-0.4, -0.2) is 93.7 Å². The molecule has 7 rings (SSSR count). The first-order chi connectivity index (χ1) is 24.2. The summed E-state index contributed by atoms with van der Waals surface area (Å²) in [4.78, 5) is 50.2. The Bertz CT molecular complexity index is 1990. The Morgan fingerprint density at radius 2 is 1.78 bits per heavy atom. The van der Waals surface area contributed by atoms with E-state index in [1.165, 1.54) is 13.3 Å². The van der Waals surface area contributed by atoms with Crippen molar-refractivity contribution in [3.63, 3.8) is 0 Å². The zero-order valence-electron chi connectivity index (χ0n) is 28.5. The topological polar surface area (TPSA) is 145 Å². The number of nitriles is 1. The molecule has 4 heterocycles. The summed E-state index contributed by atoms with van der Waals surface area (Å²) in [5, 5.41) is 16.8. The molecule has 4 aromatic rings. The van der Waals surface area contributed by atoms with E-state index >= 15 is 0 Å². The molecule has 2 amide bonds. The molecule has 2 fully saturated rings. The third kappa shape index (κ3) is 6.34. The molecule has 1 saturated heterocycles. The summed E-state index contributed by atoms with van der Waals surface area (Å²) in [6.45, 7) is 7.78. The molecule has 2 aliphatic heterocycles. The lowest BCUT2D eigenvalue weighted by Crippen LogP contribution is -2.52. The lowest BCUT2D eigenvalue weighted by Gasteiger charge is -2.43. The quantitative estimate of drug-likeness (QED) is 0.265. The summed E-state index contributed by atoms with van der Waals surface area (Å²) >= 11 is 0. The average molecular weight is 677 g/mol. The van der Waals surface area contributed by atoms with E-state index < -0.39 is 5.97 Å². The van der Waals surface area contributed by atoms with Crippen molar-refractivity contribution in [1.82, 2.24) is 24.4 Å². The van der Waals surface area contributed by atoms with Crippen LogP contribution in [0.2, 0.25) is 0 Å². The largest absolute Gasteiger partial charge is 0.489 e. The van der Waals surface area contributed by atoms with E-state index in [-0.39, 0.29) is 29.5 Å². The highest BCUT2D eigenvalue weighted by molar-refractivity contribution is 6.09. The molecule has 50 heavy (non-hydrogen) atoms. The first-order valence-electron chi connectivity index (χ1n) is 17.1. The van der Waals surface area contributed by atoms with E-state index in [4.69, 9.17) is 9.47 Å². The molecule has 1 saturated carbocycles. The number of benzene rings is 2. The van der Waals surface area contributed by atoms with Gasteiger partial charge in [0.2, 0.25) is 0 Å². The summed E-state index contributed by atoms with van der Waals surface area (Å²) in [5.74, 6) is -0.399. The fourth-order valence-electron chi connectivity index (χ4n) is 7.48. The number of methoxy groups -OCH3 is 1. The second-order valence-electron chi connectivity index (χ2n) is 13.3. The minimum atomic E-state index is -0.509. The molecule has 3 aliphatic rings. The Balaban J connectivity index is 0.977. The van der Waals surface area contributed by atoms with Crippen LogP contribution in [0.15, 0.2) is 55.0 Å². The number of nitrogens with zero attached hydrogens (tertiary/aromatic N) is 7. The third-order valence-corrected chi connectivity index (χ3v) is 10.0. The number of piperazine rings is 1. The van der Waals surface area contributed by atoms with Gasteiger partial charge in [-0.05, 0) is 81.5 Å². The molecule has 1 N–H and O–H groups in total. The Morgan fingerprint density at radius 1 is 1.02 bits per heavy atom. The Labute approximate surface area is 290 Å². The van der Waals surface area contributed by atoms with Crippen LogP contribution < -0.4 is 15.0 Å². The fourth-order valence-corrected chi connectivity index (χ4v) is 7.48. The molecule has 0 spiro atoms. The molecule has 0 radical (unpaired) electrons. The van der Waals surface area contributed by atoms with Crippen molar-refractivity contribution in [2.45, 2.75) is 64.3 Å². The first kappa shape index (κ1) is 33.0. The van der Waals surface area contributed by atoms with Crippen molar-refractivity contribution < 1.29 is 23.9 Å². The summed E-state index contributed by atoms with van der Waals surface area (Å²) in [6, 6.07) is 13.4. The smallest absolute Gasteiger partial charge is 0.339 e. The third-order valence-electron chi connectivity index (χ3n) is 10.0. The van der Waals surface area contributed by atoms with Gasteiger partial charge < -0.3 is 24.6 Å². The van der Waals surface area contributed by atoms with Crippen molar-refractivity contribution in [1.29, 1.82) is 5.26 Å². The van der Waals surface area contributed by atoms with Gasteiger partial charge in [0.05, 0.1) is 36.2 Å². The molecule has 0 unspecified atom stereocenters. The average Bonchev–Trinajstić information content (AvgIpc) is 3.72. The zero-order chi connectivity index (χ0) is 34.9. The van der Waals surface area contributed by atoms with Gasteiger partial charge >= 0.3 is 5.97 Å². The van der Waals surface area contributed by atoms with Crippen molar-refractivity contribution in [3.8, 4) is 11.8 Å². The number of nitrogens with one attached hydrogen (secondary N) is 1. The number of aromatic nitrogens is 3. The summed E-state index contributed by atoms with van der Waals surface area (Å²) in [7, 11) is 1.31. The molecular weight excluding hydrogens is 636 g/mol. The molecular formula is C37H40N8O5. The van der Waals surface area contributed by atoms with Gasteiger partial charge in [0, 0.05) is 68.5 Å². The van der Waals surface area contributed by atoms with Gasteiger partial charge in [0.1, 0.15) is 17.4 Å². The number of hydrogen-bond acceptors (Lipinski definition) is 10. The number of fused-ring (bicyclic) bond motifs is 2. The second-order valence-corrected chi connectivity index (χ2v) is 13.3. The van der Waals surface area contributed by atoms with Crippen LogP contribution in [0.3, 0.4) is 0 Å². The fraction of sp³-hybridized carbons (Fsp3) is 0.405. The van der Waals surface area contributed by atoms with E-state index in [2.05, 4.69) is 31.3 Å². The molecule has 0 atom stereocenters. The molecule has 2 aromatic heterocycles. The highest BCUT2D eigenvalue weighted by atomic mass is 16.5. The van der Waals surface area contributed by atoms with Gasteiger partial charge in [-0.15, -0.1) is 0 Å². The van der Waals surface area contributed by atoms with Gasteiger partial charge in [-0.2, -0.15) is 10.4 Å². The lowest BCUT2D eigenvalue weighted by molar-refractivity contribution is 0.0575. The van der Waals surface area contributed by atoms with E-state index in [1.54, 1.807) is 41.2 Å². The normalized spacial score (nSPS) is 19.4. The van der Waals surface area contributed by atoms with Gasteiger partial charge in [0.15, 0.2) is 5.65 Å². The first-order valence-corrected chi connectivity index (χ1v) is 17.1. The van der Waals surface area contributed by atoms with Gasteiger partial charge in [-0.1, -0.05) is 0 Å². The number of carbonyl (C=O) groups excluding carboxylic acids is 3. The predicted molar refractivity (Wildman–Crippen MR) is 185 cm³/mol. The van der Waals surface area contributed by atoms with E-state index in [0.717, 1.165) is 63.1 Å². The SMILES string of the molecule is COC(=O)c1ccc(N2CCN(C3CCC(N4Cc5cc(NC(=O)c6cnn7cccnc67)c(OC(C)C)cc5C4=O)CC3)CC2)cc1C#N. The second kappa shape index (κ2) is 13.8. The standard InChI is InChI=1S/C37H40N8O5/c1-23(2)50-33-19-30-25(18-32(33)41-35(46)31-21-40-45-12-4-11-39-34(31)45)22-44(36(30)47)27-7-5-26(6-8-27)42-13-15-43(16-14-42)28-9-10-29(37(48)49-3)24(17-28)20-38/h4,9-12,17-19,21,23,26-27H,5-8,13-16,22H2,1-3H3,(H,41,46). The molecule has 1 aliphatic carbocycles. The monoisotopic (exact) mass is 676 g/mol. The van der Waals surface area contributed by atoms with Crippen molar-refractivity contribution in [3.05, 3.63) is 82.8 Å². The maximum absolute atomic E-state index is 13.8. The van der Waals surface area contributed by atoms with Gasteiger partial charge in [-0.3, -0.25) is 14.5 Å². The predicted octanol–water partition coefficient (Wildman–Crippen LogP) is 4.52. The van der Waals surface area contributed by atoms with E-state index in [9.17, 15) is 19.6 Å². The maximum Gasteiger partial charge on any atom is 0.339 e. The molecule has 13 nitrogen and oxygen atoms in total. The van der Waals surface area contributed by atoms with Crippen LogP contribution >= 0.6 is 0 Å². The molecule has 2 aromatic carbocycles. The van der Waals surface area contributed by atoms with Crippen molar-refractivity contribution in [2.24, 2.45) is 0 Å². The van der Waals surface area contributed by atoms with Crippen LogP contribution in [-0.2, 0) is 11.3 Å². The number of esters is 1. The number of hydrogen-bond donors (Lipinski definition) is 1. The van der Waals surface area contributed by atoms with Gasteiger partial charge in [0.25, 0.3) is 11.8 Å². The number of amides is 2. The van der Waals surface area contributed by atoms with E-state index in [1.807, 2.05) is 30.9 Å². The highest BCUT2D eigenvalue weighted by Crippen LogP contribution is 2.38. The summed E-state index contributed by atoms with van der Waals surface area (Å²) in [6.07, 6.45) is 8.55. The lowest BCUT2D eigenvalue weighted by atomic mass is 9.89. The summed E-state index contributed by atoms with van der Waals surface area (Å²) < 4.78 is 12.4. The minimum absolute atomic E-state index is 0.00494. The zero-order valence-corrected chi connectivity index (χ0v) is 28.5. The number of carbonyl (C=O) groups is 3. The Hall–Kier alpha value is -5.48. The Morgan fingerprint density at radius 3 is 2.50 bits per heavy atom. The van der Waals surface area contributed by atoms with Gasteiger partial charge in [-0.25, -0.2) is 14.3 Å². The minimum Gasteiger partial charge on any atom is -0.489 e. The van der Waals surface area contributed by atoms with Crippen molar-refractivity contribution >= 4 is 34.8 Å². The number of ether oxygens (including phenoxy) is 2. The molecule has 0 bridgehead atoms. The molecule has 258 valence electrons. The van der Waals surface area contributed by atoms with Crippen LogP contribution in [0.4, 0.5) is 11.4 Å². The number of anilines is 2. The van der Waals surface area contributed by atoms with Crippen LogP contribution in [0, 0.1) is 11.3 Å². The number of rotatable bonds is 8. The van der Waals surface area contributed by atoms with Crippen molar-refractivity contribution in [2.75, 3.05) is 43.5 Å². The van der Waals surface area contributed by atoms with Crippen LogP contribution in [0.1, 0.15) is 81.7 Å². The molecule has 13 heteroatoms. The Kier molecular flexibility index (Phi) is 9.12. The highest BCUT2D eigenvalue weighted by Gasteiger charge is 2.37. The van der Waals surface area contributed by atoms with Crippen LogP contribution in [0.25, 0.3) is 5.65 Å². The van der Waals surface area contributed by atoms with Crippen LogP contribution in [0.5, 0.6) is 5.75 Å². The van der Waals surface area contributed by atoms with E-state index in [0.29, 0.717) is 46.4 Å². The summed E-state index contributed by atoms with van der Waals surface area (Å²) in [5.41, 5.74) is 4.34.